The van der Waals surface area contributed by atoms with Crippen molar-refractivity contribution in [3.63, 3.8) is 0 Å². The zero-order valence-electron chi connectivity index (χ0n) is 14.1. The van der Waals surface area contributed by atoms with Crippen molar-refractivity contribution >= 4 is 5.97 Å². The Bertz CT molecular complexity index is 213. The second-order valence-electron chi connectivity index (χ2n) is 5.94. The van der Waals surface area contributed by atoms with Crippen LogP contribution in [-0.4, -0.2) is 12.6 Å². The largest absolute Gasteiger partial charge is 0.466 e. The quantitative estimate of drug-likeness (QED) is 0.294. The lowest BCUT2D eigenvalue weighted by atomic mass is 9.94. The Hall–Kier alpha value is -0.530. The molecule has 0 heterocycles. The maximum absolute atomic E-state index is 11.7. The Labute approximate surface area is 126 Å². The van der Waals surface area contributed by atoms with E-state index in [0.29, 0.717) is 18.9 Å². The number of carbonyl (C=O) groups is 1. The van der Waals surface area contributed by atoms with Crippen LogP contribution in [0.25, 0.3) is 0 Å². The average molecular weight is 284 g/mol. The standard InChI is InChI=1S/C18H36O2/c1-4-7-9-10-11-12-16-20-18(19)15-14-17(6-3)13-8-5-2/h17H,4-16H2,1-3H3. The third-order valence-electron chi connectivity index (χ3n) is 4.06. The Morgan fingerprint density at radius 3 is 2.15 bits per heavy atom. The van der Waals surface area contributed by atoms with E-state index in [2.05, 4.69) is 20.8 Å². The molecule has 0 aromatic carbocycles. The van der Waals surface area contributed by atoms with Gasteiger partial charge in [0, 0.05) is 6.42 Å². The molecule has 0 aromatic rings. The highest BCUT2D eigenvalue weighted by Crippen LogP contribution is 2.18. The Balaban J connectivity index is 3.43. The van der Waals surface area contributed by atoms with Crippen molar-refractivity contribution in [1.82, 2.24) is 0 Å². The van der Waals surface area contributed by atoms with Gasteiger partial charge in [-0.15, -0.1) is 0 Å². The van der Waals surface area contributed by atoms with E-state index in [1.807, 2.05) is 0 Å². The second kappa shape index (κ2) is 14.9. The van der Waals surface area contributed by atoms with Crippen molar-refractivity contribution in [2.75, 3.05) is 6.61 Å². The number of carbonyl (C=O) groups excluding carboxylic acids is 1. The normalized spacial score (nSPS) is 12.3. The number of hydrogen-bond donors (Lipinski definition) is 0. The zero-order chi connectivity index (χ0) is 15.1. The molecule has 0 aliphatic rings. The van der Waals surface area contributed by atoms with Gasteiger partial charge in [-0.2, -0.15) is 0 Å². The van der Waals surface area contributed by atoms with Crippen molar-refractivity contribution in [1.29, 1.82) is 0 Å². The zero-order valence-corrected chi connectivity index (χ0v) is 14.1. The average Bonchev–Trinajstić information content (AvgIpc) is 2.46. The predicted molar refractivity (Wildman–Crippen MR) is 86.9 cm³/mol. The Morgan fingerprint density at radius 1 is 0.850 bits per heavy atom. The van der Waals surface area contributed by atoms with Gasteiger partial charge in [-0.1, -0.05) is 78.6 Å². The smallest absolute Gasteiger partial charge is 0.305 e. The lowest BCUT2D eigenvalue weighted by molar-refractivity contribution is -0.144. The summed E-state index contributed by atoms with van der Waals surface area (Å²) in [5.41, 5.74) is 0. The first kappa shape index (κ1) is 19.5. The molecule has 0 radical (unpaired) electrons. The van der Waals surface area contributed by atoms with Crippen LogP contribution in [-0.2, 0) is 9.53 Å². The van der Waals surface area contributed by atoms with E-state index < -0.39 is 0 Å². The molecule has 2 heteroatoms. The van der Waals surface area contributed by atoms with Crippen LogP contribution < -0.4 is 0 Å². The summed E-state index contributed by atoms with van der Waals surface area (Å²) in [6.45, 7) is 7.30. The van der Waals surface area contributed by atoms with E-state index in [-0.39, 0.29) is 5.97 Å². The minimum atomic E-state index is 0.00788. The van der Waals surface area contributed by atoms with Crippen LogP contribution in [0.2, 0.25) is 0 Å². The number of hydrogen-bond acceptors (Lipinski definition) is 2. The van der Waals surface area contributed by atoms with Gasteiger partial charge < -0.3 is 4.74 Å². The summed E-state index contributed by atoms with van der Waals surface area (Å²) in [4.78, 5) is 11.7. The fourth-order valence-electron chi connectivity index (χ4n) is 2.51. The minimum Gasteiger partial charge on any atom is -0.466 e. The van der Waals surface area contributed by atoms with Gasteiger partial charge >= 0.3 is 5.97 Å². The summed E-state index contributed by atoms with van der Waals surface area (Å²) in [7, 11) is 0. The van der Waals surface area contributed by atoms with Gasteiger partial charge in [-0.05, 0) is 18.8 Å². The van der Waals surface area contributed by atoms with Crippen molar-refractivity contribution in [2.45, 2.75) is 97.8 Å². The Morgan fingerprint density at radius 2 is 1.50 bits per heavy atom. The molecule has 0 fully saturated rings. The molecule has 0 N–H and O–H groups in total. The highest BCUT2D eigenvalue weighted by atomic mass is 16.5. The molecule has 120 valence electrons. The van der Waals surface area contributed by atoms with E-state index in [9.17, 15) is 4.79 Å². The van der Waals surface area contributed by atoms with E-state index in [0.717, 1.165) is 12.8 Å². The van der Waals surface area contributed by atoms with Crippen LogP contribution in [0.1, 0.15) is 97.8 Å². The molecule has 0 spiro atoms. The summed E-state index contributed by atoms with van der Waals surface area (Å²) in [5, 5.41) is 0. The molecule has 0 aliphatic carbocycles. The maximum atomic E-state index is 11.7. The molecule has 2 nitrogen and oxygen atoms in total. The third-order valence-corrected chi connectivity index (χ3v) is 4.06. The van der Waals surface area contributed by atoms with Crippen molar-refractivity contribution in [3.8, 4) is 0 Å². The molecule has 0 bridgehead atoms. The van der Waals surface area contributed by atoms with Gasteiger partial charge in [0.15, 0.2) is 0 Å². The third kappa shape index (κ3) is 12.5. The minimum absolute atomic E-state index is 0.00788. The first-order valence-corrected chi connectivity index (χ1v) is 8.90. The Kier molecular flexibility index (Phi) is 14.5. The molecule has 0 saturated carbocycles. The van der Waals surface area contributed by atoms with Crippen LogP contribution in [0.15, 0.2) is 0 Å². The van der Waals surface area contributed by atoms with Gasteiger partial charge in [0.1, 0.15) is 0 Å². The molecule has 1 atom stereocenters. The number of unbranched alkanes of at least 4 members (excludes halogenated alkanes) is 6. The van der Waals surface area contributed by atoms with Crippen molar-refractivity contribution in [2.24, 2.45) is 5.92 Å². The molecule has 20 heavy (non-hydrogen) atoms. The van der Waals surface area contributed by atoms with E-state index in [1.165, 1.54) is 57.8 Å². The molecule has 0 aromatic heterocycles. The number of esters is 1. The second-order valence-corrected chi connectivity index (χ2v) is 5.94. The summed E-state index contributed by atoms with van der Waals surface area (Å²) >= 11 is 0. The van der Waals surface area contributed by atoms with Gasteiger partial charge in [0.05, 0.1) is 6.61 Å². The van der Waals surface area contributed by atoms with Crippen LogP contribution in [0.4, 0.5) is 0 Å². The van der Waals surface area contributed by atoms with Crippen LogP contribution in [0, 0.1) is 5.92 Å². The first-order chi connectivity index (χ1) is 9.74. The fourth-order valence-corrected chi connectivity index (χ4v) is 2.51. The van der Waals surface area contributed by atoms with Gasteiger partial charge in [-0.3, -0.25) is 4.79 Å². The SMILES string of the molecule is CCCCCCCCOC(=O)CCC(CC)CCCC. The highest BCUT2D eigenvalue weighted by Gasteiger charge is 2.10. The van der Waals surface area contributed by atoms with Crippen LogP contribution >= 0.6 is 0 Å². The monoisotopic (exact) mass is 284 g/mol. The first-order valence-electron chi connectivity index (χ1n) is 8.90. The number of ether oxygens (including phenoxy) is 1. The highest BCUT2D eigenvalue weighted by molar-refractivity contribution is 5.69. The van der Waals surface area contributed by atoms with Crippen molar-refractivity contribution < 1.29 is 9.53 Å². The van der Waals surface area contributed by atoms with E-state index in [1.54, 1.807) is 0 Å². The lowest BCUT2D eigenvalue weighted by Gasteiger charge is -2.13. The van der Waals surface area contributed by atoms with Gasteiger partial charge in [0.25, 0.3) is 0 Å². The van der Waals surface area contributed by atoms with E-state index >= 15 is 0 Å². The molecular weight excluding hydrogens is 248 g/mol. The summed E-state index contributed by atoms with van der Waals surface area (Å²) in [6.07, 6.45) is 14.0. The van der Waals surface area contributed by atoms with Gasteiger partial charge in [0.2, 0.25) is 0 Å². The number of rotatable bonds is 14. The van der Waals surface area contributed by atoms with Gasteiger partial charge in [-0.25, -0.2) is 0 Å². The van der Waals surface area contributed by atoms with Crippen LogP contribution in [0.5, 0.6) is 0 Å². The molecule has 0 amide bonds. The molecule has 0 saturated heterocycles. The summed E-state index contributed by atoms with van der Waals surface area (Å²) in [5.74, 6) is 0.713. The lowest BCUT2D eigenvalue weighted by Crippen LogP contribution is -2.09. The molecule has 0 aliphatic heterocycles. The van der Waals surface area contributed by atoms with Crippen LogP contribution in [0.3, 0.4) is 0 Å². The summed E-state index contributed by atoms with van der Waals surface area (Å²) in [6, 6.07) is 0. The fraction of sp³-hybridized carbons (Fsp3) is 0.944. The molecular formula is C18H36O2. The van der Waals surface area contributed by atoms with E-state index in [4.69, 9.17) is 4.74 Å². The summed E-state index contributed by atoms with van der Waals surface area (Å²) < 4.78 is 5.31. The topological polar surface area (TPSA) is 26.3 Å². The maximum Gasteiger partial charge on any atom is 0.305 e. The predicted octanol–water partition coefficient (Wildman–Crippen LogP) is 5.89. The molecule has 0 rings (SSSR count). The molecule has 1 unspecified atom stereocenters. The van der Waals surface area contributed by atoms with Crippen molar-refractivity contribution in [3.05, 3.63) is 0 Å².